The van der Waals surface area contributed by atoms with E-state index in [4.69, 9.17) is 10.9 Å². The van der Waals surface area contributed by atoms with Crippen LogP contribution < -0.4 is 11.1 Å². The van der Waals surface area contributed by atoms with Crippen LogP contribution in [0, 0.1) is 5.41 Å². The third-order valence-corrected chi connectivity index (χ3v) is 3.75. The average molecular weight is 301 g/mol. The molecule has 1 aliphatic carbocycles. The number of halogens is 3. The molecule has 1 aromatic carbocycles. The molecule has 0 amide bonds. The molecule has 0 unspecified atom stereocenters. The van der Waals surface area contributed by atoms with Gasteiger partial charge in [-0.25, -0.2) is 0 Å². The van der Waals surface area contributed by atoms with Crippen molar-refractivity contribution in [1.29, 1.82) is 0 Å². The fourth-order valence-electron chi connectivity index (χ4n) is 2.30. The summed E-state index contributed by atoms with van der Waals surface area (Å²) in [6.07, 6.45) is -1.76. The largest absolute Gasteiger partial charge is 0.416 e. The van der Waals surface area contributed by atoms with Gasteiger partial charge in [-0.1, -0.05) is 17.3 Å². The molecule has 116 valence electrons. The number of nitrogens with zero attached hydrogens (tertiary/aromatic N) is 1. The van der Waals surface area contributed by atoms with Crippen molar-refractivity contribution >= 4 is 5.84 Å². The zero-order valence-electron chi connectivity index (χ0n) is 11.5. The van der Waals surface area contributed by atoms with Crippen LogP contribution >= 0.6 is 0 Å². The van der Waals surface area contributed by atoms with Crippen molar-refractivity contribution in [1.82, 2.24) is 5.32 Å². The molecule has 1 fully saturated rings. The maximum Gasteiger partial charge on any atom is 0.416 e. The van der Waals surface area contributed by atoms with Crippen LogP contribution in [0.5, 0.6) is 0 Å². The second-order valence-electron chi connectivity index (χ2n) is 5.57. The summed E-state index contributed by atoms with van der Waals surface area (Å²) in [4.78, 5) is 0. The van der Waals surface area contributed by atoms with Crippen LogP contribution in [0.3, 0.4) is 0 Å². The van der Waals surface area contributed by atoms with Gasteiger partial charge in [0.1, 0.15) is 5.84 Å². The van der Waals surface area contributed by atoms with Crippen LogP contribution in [-0.2, 0) is 12.7 Å². The van der Waals surface area contributed by atoms with Gasteiger partial charge >= 0.3 is 6.18 Å². The number of benzene rings is 1. The third kappa shape index (κ3) is 4.35. The van der Waals surface area contributed by atoms with E-state index in [0.717, 1.165) is 30.5 Å². The molecule has 1 aromatic rings. The quantitative estimate of drug-likeness (QED) is 0.327. The summed E-state index contributed by atoms with van der Waals surface area (Å²) in [6, 6.07) is 5.11. The van der Waals surface area contributed by atoms with Crippen molar-refractivity contribution < 1.29 is 18.4 Å². The van der Waals surface area contributed by atoms with Gasteiger partial charge in [-0.2, -0.15) is 13.2 Å². The molecule has 1 saturated carbocycles. The Kier molecular flexibility index (Phi) is 4.41. The van der Waals surface area contributed by atoms with Crippen molar-refractivity contribution in [3.05, 3.63) is 35.4 Å². The number of hydrogen-bond donors (Lipinski definition) is 3. The van der Waals surface area contributed by atoms with Crippen LogP contribution in [-0.4, -0.2) is 17.6 Å². The fraction of sp³-hybridized carbons (Fsp3) is 0.500. The van der Waals surface area contributed by atoms with E-state index in [1.54, 1.807) is 0 Å². The second-order valence-corrected chi connectivity index (χ2v) is 5.57. The Labute approximate surface area is 120 Å². The molecular formula is C14H18F3N3O. The van der Waals surface area contributed by atoms with Crippen LogP contribution in [0.25, 0.3) is 0 Å². The predicted molar refractivity (Wildman–Crippen MR) is 72.8 cm³/mol. The monoisotopic (exact) mass is 301 g/mol. The van der Waals surface area contributed by atoms with Crippen molar-refractivity contribution in [3.8, 4) is 0 Å². The normalized spacial score (nSPS) is 17.8. The number of nitrogens with two attached hydrogens (primary N) is 1. The first-order valence-corrected chi connectivity index (χ1v) is 6.68. The summed E-state index contributed by atoms with van der Waals surface area (Å²) in [7, 11) is 0. The molecule has 4 N–H and O–H groups in total. The van der Waals surface area contributed by atoms with Gasteiger partial charge in [0.2, 0.25) is 0 Å². The minimum Gasteiger partial charge on any atom is -0.409 e. The smallest absolute Gasteiger partial charge is 0.409 e. The molecule has 0 spiro atoms. The summed E-state index contributed by atoms with van der Waals surface area (Å²) < 4.78 is 37.3. The molecule has 2 rings (SSSR count). The highest BCUT2D eigenvalue weighted by molar-refractivity contribution is 5.80. The van der Waals surface area contributed by atoms with E-state index in [0.29, 0.717) is 19.5 Å². The van der Waals surface area contributed by atoms with Gasteiger partial charge in [0, 0.05) is 19.5 Å². The standard InChI is InChI=1S/C14H18F3N3O/c15-14(16,17)11-3-1-10(2-4-11)8-19-9-13(5-6-13)7-12(18)20-21/h1-4,19,21H,5-9H2,(H2,18,20). The number of rotatable bonds is 6. The highest BCUT2D eigenvalue weighted by Crippen LogP contribution is 2.48. The second kappa shape index (κ2) is 5.93. The number of nitrogens with one attached hydrogen (secondary N) is 1. The zero-order valence-corrected chi connectivity index (χ0v) is 11.5. The molecule has 4 nitrogen and oxygen atoms in total. The van der Waals surface area contributed by atoms with Gasteiger partial charge in [0.25, 0.3) is 0 Å². The lowest BCUT2D eigenvalue weighted by molar-refractivity contribution is -0.137. The third-order valence-electron chi connectivity index (χ3n) is 3.75. The van der Waals surface area contributed by atoms with Crippen molar-refractivity contribution in [3.63, 3.8) is 0 Å². The van der Waals surface area contributed by atoms with E-state index in [1.807, 2.05) is 0 Å². The van der Waals surface area contributed by atoms with Gasteiger partial charge in [-0.05, 0) is 36.0 Å². The van der Waals surface area contributed by atoms with E-state index in [-0.39, 0.29) is 11.3 Å². The summed E-state index contributed by atoms with van der Waals surface area (Å²) in [5.74, 6) is 0.212. The fourth-order valence-corrected chi connectivity index (χ4v) is 2.30. The molecule has 0 atom stereocenters. The number of oxime groups is 1. The van der Waals surface area contributed by atoms with Crippen LogP contribution in [0.1, 0.15) is 30.4 Å². The first kappa shape index (κ1) is 15.6. The zero-order chi connectivity index (χ0) is 15.5. The molecule has 21 heavy (non-hydrogen) atoms. The van der Waals surface area contributed by atoms with Crippen molar-refractivity contribution in [2.24, 2.45) is 16.3 Å². The predicted octanol–water partition coefficient (Wildman–Crippen LogP) is 2.71. The molecule has 7 heteroatoms. The highest BCUT2D eigenvalue weighted by Gasteiger charge is 2.42. The first-order chi connectivity index (χ1) is 9.85. The lowest BCUT2D eigenvalue weighted by Gasteiger charge is -2.15. The lowest BCUT2D eigenvalue weighted by Crippen LogP contribution is -2.28. The highest BCUT2D eigenvalue weighted by atomic mass is 19.4. The Morgan fingerprint density at radius 1 is 1.29 bits per heavy atom. The minimum atomic E-state index is -4.30. The molecule has 0 radical (unpaired) electrons. The summed E-state index contributed by atoms with van der Waals surface area (Å²) in [5.41, 5.74) is 5.69. The molecule has 0 bridgehead atoms. The van der Waals surface area contributed by atoms with E-state index < -0.39 is 11.7 Å². The number of hydrogen-bond acceptors (Lipinski definition) is 3. The molecule has 0 aliphatic heterocycles. The lowest BCUT2D eigenvalue weighted by atomic mass is 10.0. The van der Waals surface area contributed by atoms with Crippen LogP contribution in [0.4, 0.5) is 13.2 Å². The van der Waals surface area contributed by atoms with Crippen molar-refractivity contribution in [2.45, 2.75) is 32.0 Å². The Hall–Kier alpha value is -1.76. The average Bonchev–Trinajstić information content (AvgIpc) is 3.18. The van der Waals surface area contributed by atoms with Gasteiger partial charge in [0.05, 0.1) is 5.56 Å². The number of amidine groups is 1. The summed E-state index contributed by atoms with van der Waals surface area (Å²) >= 11 is 0. The molecular weight excluding hydrogens is 283 g/mol. The Morgan fingerprint density at radius 2 is 1.90 bits per heavy atom. The Morgan fingerprint density at radius 3 is 2.38 bits per heavy atom. The van der Waals surface area contributed by atoms with E-state index in [9.17, 15) is 13.2 Å². The molecule has 0 aromatic heterocycles. The molecule has 0 heterocycles. The minimum absolute atomic E-state index is 0.0300. The van der Waals surface area contributed by atoms with Crippen LogP contribution in [0.2, 0.25) is 0 Å². The summed E-state index contributed by atoms with van der Waals surface area (Å²) in [5, 5.41) is 14.8. The van der Waals surface area contributed by atoms with Gasteiger partial charge in [-0.3, -0.25) is 0 Å². The van der Waals surface area contributed by atoms with E-state index in [1.165, 1.54) is 12.1 Å². The maximum atomic E-state index is 12.4. The van der Waals surface area contributed by atoms with Gasteiger partial charge < -0.3 is 16.3 Å². The summed E-state index contributed by atoms with van der Waals surface area (Å²) in [6.45, 7) is 1.19. The molecule has 0 saturated heterocycles. The molecule has 1 aliphatic rings. The van der Waals surface area contributed by atoms with Crippen LogP contribution in [0.15, 0.2) is 29.4 Å². The van der Waals surface area contributed by atoms with E-state index in [2.05, 4.69) is 10.5 Å². The van der Waals surface area contributed by atoms with Crippen molar-refractivity contribution in [2.75, 3.05) is 6.54 Å². The first-order valence-electron chi connectivity index (χ1n) is 6.68. The Balaban J connectivity index is 1.81. The SMILES string of the molecule is NC(CC1(CNCc2ccc(C(F)(F)F)cc2)CC1)=NO. The van der Waals surface area contributed by atoms with Gasteiger partial charge in [-0.15, -0.1) is 0 Å². The topological polar surface area (TPSA) is 70.6 Å². The van der Waals surface area contributed by atoms with E-state index >= 15 is 0 Å². The van der Waals surface area contributed by atoms with Gasteiger partial charge in [0.15, 0.2) is 0 Å². The Bertz CT molecular complexity index is 507. The number of alkyl halides is 3. The maximum absolute atomic E-state index is 12.4.